The first-order valence-electron chi connectivity index (χ1n) is 8.21. The lowest BCUT2D eigenvalue weighted by Gasteiger charge is -2.37. The van der Waals surface area contributed by atoms with Crippen LogP contribution in [-0.4, -0.2) is 6.61 Å². The normalized spacial score (nSPS) is 24.7. The van der Waals surface area contributed by atoms with Crippen molar-refractivity contribution in [1.82, 2.24) is 0 Å². The number of benzene rings is 2. The SMILES string of the molecule is CCOc1ccc2c(c1)[C@@H]1C=CC[C@@H]1[C@@H](c1cccc(F)c1)N2. The van der Waals surface area contributed by atoms with E-state index in [1.807, 2.05) is 19.1 Å². The molecule has 0 fully saturated rings. The van der Waals surface area contributed by atoms with Gasteiger partial charge in [0.15, 0.2) is 0 Å². The minimum Gasteiger partial charge on any atom is -0.494 e. The summed E-state index contributed by atoms with van der Waals surface area (Å²) in [5.74, 6) is 1.52. The second-order valence-electron chi connectivity index (χ2n) is 6.21. The number of hydrogen-bond acceptors (Lipinski definition) is 2. The number of fused-ring (bicyclic) bond motifs is 3. The van der Waals surface area contributed by atoms with E-state index in [9.17, 15) is 4.39 Å². The molecule has 118 valence electrons. The molecule has 0 spiro atoms. The molecule has 0 radical (unpaired) electrons. The largest absolute Gasteiger partial charge is 0.494 e. The van der Waals surface area contributed by atoms with Crippen molar-refractivity contribution in [3.63, 3.8) is 0 Å². The molecule has 3 atom stereocenters. The van der Waals surface area contributed by atoms with Gasteiger partial charge in [-0.15, -0.1) is 0 Å². The molecule has 23 heavy (non-hydrogen) atoms. The fourth-order valence-electron chi connectivity index (χ4n) is 3.86. The summed E-state index contributed by atoms with van der Waals surface area (Å²) in [5, 5.41) is 3.62. The van der Waals surface area contributed by atoms with Gasteiger partial charge in [-0.05, 0) is 60.7 Å². The van der Waals surface area contributed by atoms with Gasteiger partial charge in [-0.2, -0.15) is 0 Å². The van der Waals surface area contributed by atoms with Crippen molar-refractivity contribution in [2.75, 3.05) is 11.9 Å². The zero-order chi connectivity index (χ0) is 15.8. The Labute approximate surface area is 136 Å². The molecule has 2 aromatic rings. The molecule has 0 unspecified atom stereocenters. The molecule has 2 aromatic carbocycles. The van der Waals surface area contributed by atoms with Crippen molar-refractivity contribution in [3.05, 3.63) is 71.6 Å². The van der Waals surface area contributed by atoms with E-state index >= 15 is 0 Å². The lowest BCUT2D eigenvalue weighted by Crippen LogP contribution is -2.29. The van der Waals surface area contributed by atoms with Crippen molar-refractivity contribution in [2.45, 2.75) is 25.3 Å². The van der Waals surface area contributed by atoms with Crippen molar-refractivity contribution >= 4 is 5.69 Å². The van der Waals surface area contributed by atoms with Gasteiger partial charge in [0.2, 0.25) is 0 Å². The van der Waals surface area contributed by atoms with Crippen molar-refractivity contribution in [3.8, 4) is 5.75 Å². The monoisotopic (exact) mass is 309 g/mol. The number of halogens is 1. The van der Waals surface area contributed by atoms with E-state index in [2.05, 4.69) is 29.6 Å². The van der Waals surface area contributed by atoms with E-state index in [1.165, 1.54) is 11.6 Å². The third-order valence-corrected chi connectivity index (χ3v) is 4.85. The number of allylic oxidation sites excluding steroid dienone is 2. The number of hydrogen-bond donors (Lipinski definition) is 1. The Hall–Kier alpha value is -2.29. The first-order chi connectivity index (χ1) is 11.3. The lowest BCUT2D eigenvalue weighted by molar-refractivity contribution is 0.338. The molecule has 1 aliphatic heterocycles. The summed E-state index contributed by atoms with van der Waals surface area (Å²) >= 11 is 0. The highest BCUT2D eigenvalue weighted by Crippen LogP contribution is 2.50. The van der Waals surface area contributed by atoms with Crippen LogP contribution in [0.2, 0.25) is 0 Å². The van der Waals surface area contributed by atoms with E-state index in [0.29, 0.717) is 18.4 Å². The average Bonchev–Trinajstić information content (AvgIpc) is 3.04. The molecule has 0 bridgehead atoms. The third kappa shape index (κ3) is 2.50. The minimum atomic E-state index is -0.177. The smallest absolute Gasteiger partial charge is 0.123 e. The van der Waals surface area contributed by atoms with Crippen LogP contribution < -0.4 is 10.1 Å². The Morgan fingerprint density at radius 1 is 1.22 bits per heavy atom. The maximum Gasteiger partial charge on any atom is 0.123 e. The number of anilines is 1. The summed E-state index contributed by atoms with van der Waals surface area (Å²) in [6.45, 7) is 2.66. The van der Waals surface area contributed by atoms with Gasteiger partial charge in [-0.3, -0.25) is 0 Å². The number of ether oxygens (including phenoxy) is 1. The summed E-state index contributed by atoms with van der Waals surface area (Å²) in [7, 11) is 0. The third-order valence-electron chi connectivity index (χ3n) is 4.85. The first-order valence-corrected chi connectivity index (χ1v) is 8.21. The van der Waals surface area contributed by atoms with Crippen molar-refractivity contribution in [2.24, 2.45) is 5.92 Å². The van der Waals surface area contributed by atoms with Crippen LogP contribution in [0.4, 0.5) is 10.1 Å². The molecule has 0 amide bonds. The molecule has 1 N–H and O–H groups in total. The van der Waals surface area contributed by atoms with Crippen LogP contribution in [0.5, 0.6) is 5.75 Å². The van der Waals surface area contributed by atoms with Crippen LogP contribution >= 0.6 is 0 Å². The van der Waals surface area contributed by atoms with E-state index in [1.54, 1.807) is 12.1 Å². The van der Waals surface area contributed by atoms with Crippen LogP contribution in [0.3, 0.4) is 0 Å². The molecule has 0 saturated heterocycles. The highest BCUT2D eigenvalue weighted by Gasteiger charge is 2.38. The second kappa shape index (κ2) is 5.73. The summed E-state index contributed by atoms with van der Waals surface area (Å²) in [6.07, 6.45) is 5.54. The Balaban J connectivity index is 1.74. The van der Waals surface area contributed by atoms with Gasteiger partial charge in [0.25, 0.3) is 0 Å². The molecule has 0 aromatic heterocycles. The minimum absolute atomic E-state index is 0.135. The standard InChI is InChI=1S/C20H20FNO/c1-2-23-15-9-10-19-18(12-15)16-7-4-8-17(16)20(22-19)13-5-3-6-14(21)11-13/h3-7,9-12,16-17,20,22H,2,8H2,1H3/t16-,17+,20-/m1/s1. The quantitative estimate of drug-likeness (QED) is 0.801. The van der Waals surface area contributed by atoms with Crippen LogP contribution in [0.25, 0.3) is 0 Å². The molecular weight excluding hydrogens is 289 g/mol. The van der Waals surface area contributed by atoms with E-state index < -0.39 is 0 Å². The van der Waals surface area contributed by atoms with E-state index in [0.717, 1.165) is 23.4 Å². The summed E-state index contributed by atoms with van der Waals surface area (Å²) in [6, 6.07) is 13.3. The molecule has 3 heteroatoms. The van der Waals surface area contributed by atoms with Crippen molar-refractivity contribution in [1.29, 1.82) is 0 Å². The molecule has 1 heterocycles. The first kappa shape index (κ1) is 14.3. The molecule has 1 aliphatic carbocycles. The average molecular weight is 309 g/mol. The van der Waals surface area contributed by atoms with Crippen LogP contribution in [0.1, 0.15) is 36.4 Å². The van der Waals surface area contributed by atoms with Gasteiger partial charge in [-0.25, -0.2) is 4.39 Å². The Bertz CT molecular complexity index is 755. The molecule has 2 nitrogen and oxygen atoms in total. The molecule has 4 rings (SSSR count). The van der Waals surface area contributed by atoms with E-state index in [-0.39, 0.29) is 11.9 Å². The van der Waals surface area contributed by atoms with Gasteiger partial charge in [-0.1, -0.05) is 24.3 Å². The fourth-order valence-corrected chi connectivity index (χ4v) is 3.86. The van der Waals surface area contributed by atoms with Crippen LogP contribution in [-0.2, 0) is 0 Å². The van der Waals surface area contributed by atoms with E-state index in [4.69, 9.17) is 4.74 Å². The fraction of sp³-hybridized carbons (Fsp3) is 0.300. The van der Waals surface area contributed by atoms with Gasteiger partial charge in [0, 0.05) is 11.6 Å². The lowest BCUT2D eigenvalue weighted by atomic mass is 9.77. The summed E-state index contributed by atoms with van der Waals surface area (Å²) in [5.41, 5.74) is 3.42. The highest BCUT2D eigenvalue weighted by atomic mass is 19.1. The van der Waals surface area contributed by atoms with Crippen LogP contribution in [0.15, 0.2) is 54.6 Å². The number of rotatable bonds is 3. The van der Waals surface area contributed by atoms with Gasteiger partial charge in [0.05, 0.1) is 12.6 Å². The Morgan fingerprint density at radius 2 is 2.13 bits per heavy atom. The van der Waals surface area contributed by atoms with Crippen LogP contribution in [0, 0.1) is 11.7 Å². The predicted octanol–water partition coefficient (Wildman–Crippen LogP) is 5.05. The van der Waals surface area contributed by atoms with Gasteiger partial charge >= 0.3 is 0 Å². The zero-order valence-electron chi connectivity index (χ0n) is 13.1. The highest BCUT2D eigenvalue weighted by molar-refractivity contribution is 5.61. The number of nitrogens with one attached hydrogen (secondary N) is 1. The van der Waals surface area contributed by atoms with Crippen molar-refractivity contribution < 1.29 is 9.13 Å². The molecule has 2 aliphatic rings. The predicted molar refractivity (Wildman–Crippen MR) is 90.4 cm³/mol. The topological polar surface area (TPSA) is 21.3 Å². The molecule has 0 saturated carbocycles. The Kier molecular flexibility index (Phi) is 3.56. The zero-order valence-corrected chi connectivity index (χ0v) is 13.1. The Morgan fingerprint density at radius 3 is 2.96 bits per heavy atom. The second-order valence-corrected chi connectivity index (χ2v) is 6.21. The van der Waals surface area contributed by atoms with Gasteiger partial charge in [0.1, 0.15) is 11.6 Å². The maximum absolute atomic E-state index is 13.6. The maximum atomic E-state index is 13.6. The summed E-state index contributed by atoms with van der Waals surface area (Å²) in [4.78, 5) is 0. The molecular formula is C20H20FNO. The van der Waals surface area contributed by atoms with Gasteiger partial charge < -0.3 is 10.1 Å². The summed E-state index contributed by atoms with van der Waals surface area (Å²) < 4.78 is 19.3.